The molecule has 8 nitrogen and oxygen atoms in total. The second kappa shape index (κ2) is 5.29. The minimum atomic E-state index is -3.73. The summed E-state index contributed by atoms with van der Waals surface area (Å²) in [6, 6.07) is 6.22. The Morgan fingerprint density at radius 2 is 2.05 bits per heavy atom. The fourth-order valence-corrected chi connectivity index (χ4v) is 2.60. The summed E-state index contributed by atoms with van der Waals surface area (Å²) >= 11 is 0. The van der Waals surface area contributed by atoms with Crippen molar-refractivity contribution in [3.05, 3.63) is 55.4 Å². The summed E-state index contributed by atoms with van der Waals surface area (Å²) in [5, 5.41) is 4.02. The molecular formula is C12H10N6O2S. The molecule has 0 saturated carbocycles. The SMILES string of the molecule is O=S(=O)(Nc1cc(-n2cccn2)ncn1)c1cccnc1. The number of nitrogens with one attached hydrogen (secondary N) is 1. The predicted octanol–water partition coefficient (Wildman–Crippen LogP) is 0.858. The third kappa shape index (κ3) is 2.87. The Morgan fingerprint density at radius 3 is 2.76 bits per heavy atom. The normalized spacial score (nSPS) is 11.2. The molecule has 9 heteroatoms. The van der Waals surface area contributed by atoms with Crippen LogP contribution in [0.15, 0.2) is 60.3 Å². The summed E-state index contributed by atoms with van der Waals surface area (Å²) in [5.74, 6) is 0.609. The maximum Gasteiger partial charge on any atom is 0.264 e. The molecule has 1 N–H and O–H groups in total. The van der Waals surface area contributed by atoms with Crippen molar-refractivity contribution in [1.29, 1.82) is 0 Å². The first-order chi connectivity index (χ1) is 10.1. The van der Waals surface area contributed by atoms with Gasteiger partial charge in [0.1, 0.15) is 17.0 Å². The van der Waals surface area contributed by atoms with Crippen molar-refractivity contribution in [2.24, 2.45) is 0 Å². The van der Waals surface area contributed by atoms with Crippen LogP contribution in [0.2, 0.25) is 0 Å². The van der Waals surface area contributed by atoms with E-state index in [4.69, 9.17) is 0 Å². The third-order valence-corrected chi connectivity index (χ3v) is 3.92. The summed E-state index contributed by atoms with van der Waals surface area (Å²) in [5.41, 5.74) is 0. The Kier molecular flexibility index (Phi) is 3.32. The Hall–Kier alpha value is -2.81. The number of nitrogens with zero attached hydrogens (tertiary/aromatic N) is 5. The lowest BCUT2D eigenvalue weighted by atomic mass is 10.5. The molecule has 0 amide bonds. The van der Waals surface area contributed by atoms with E-state index in [9.17, 15) is 8.42 Å². The molecular weight excluding hydrogens is 292 g/mol. The monoisotopic (exact) mass is 302 g/mol. The summed E-state index contributed by atoms with van der Waals surface area (Å²) in [7, 11) is -3.73. The lowest BCUT2D eigenvalue weighted by molar-refractivity contribution is 0.600. The van der Waals surface area contributed by atoms with Crippen molar-refractivity contribution >= 4 is 15.8 Å². The van der Waals surface area contributed by atoms with Gasteiger partial charge < -0.3 is 0 Å². The van der Waals surface area contributed by atoms with Gasteiger partial charge in [-0.25, -0.2) is 23.1 Å². The average molecular weight is 302 g/mol. The van der Waals surface area contributed by atoms with Crippen molar-refractivity contribution in [2.75, 3.05) is 4.72 Å². The first-order valence-electron chi connectivity index (χ1n) is 5.90. The molecule has 106 valence electrons. The molecule has 21 heavy (non-hydrogen) atoms. The topological polar surface area (TPSA) is 103 Å². The van der Waals surface area contributed by atoms with Crippen LogP contribution in [0.3, 0.4) is 0 Å². The fourth-order valence-electron chi connectivity index (χ4n) is 1.64. The minimum Gasteiger partial charge on any atom is -0.263 e. The summed E-state index contributed by atoms with van der Waals surface area (Å²) in [4.78, 5) is 11.8. The second-order valence-corrected chi connectivity index (χ2v) is 5.69. The van der Waals surface area contributed by atoms with E-state index >= 15 is 0 Å². The van der Waals surface area contributed by atoms with Crippen molar-refractivity contribution in [2.45, 2.75) is 4.90 Å². The molecule has 3 heterocycles. The van der Waals surface area contributed by atoms with Gasteiger partial charge in [0, 0.05) is 30.9 Å². The first-order valence-corrected chi connectivity index (χ1v) is 7.38. The largest absolute Gasteiger partial charge is 0.264 e. The molecule has 0 aliphatic carbocycles. The van der Waals surface area contributed by atoms with E-state index < -0.39 is 10.0 Å². The highest BCUT2D eigenvalue weighted by molar-refractivity contribution is 7.92. The predicted molar refractivity (Wildman–Crippen MR) is 74.2 cm³/mol. The number of hydrogen-bond donors (Lipinski definition) is 1. The van der Waals surface area contributed by atoms with E-state index in [1.165, 1.54) is 35.5 Å². The van der Waals surface area contributed by atoms with Gasteiger partial charge in [-0.05, 0) is 18.2 Å². The molecule has 0 saturated heterocycles. The van der Waals surface area contributed by atoms with Crippen molar-refractivity contribution in [3.63, 3.8) is 0 Å². The molecule has 0 atom stereocenters. The van der Waals surface area contributed by atoms with Gasteiger partial charge in [0.2, 0.25) is 0 Å². The van der Waals surface area contributed by atoms with Crippen LogP contribution in [0.5, 0.6) is 0 Å². The smallest absolute Gasteiger partial charge is 0.263 e. The highest BCUT2D eigenvalue weighted by Crippen LogP contribution is 2.14. The lowest BCUT2D eigenvalue weighted by Crippen LogP contribution is -2.14. The second-order valence-electron chi connectivity index (χ2n) is 4.01. The number of hydrogen-bond acceptors (Lipinski definition) is 6. The number of anilines is 1. The van der Waals surface area contributed by atoms with E-state index in [0.717, 1.165) is 0 Å². The van der Waals surface area contributed by atoms with Gasteiger partial charge in [0.15, 0.2) is 5.82 Å². The van der Waals surface area contributed by atoms with Crippen LogP contribution < -0.4 is 4.72 Å². The molecule has 3 aromatic rings. The number of rotatable bonds is 4. The van der Waals surface area contributed by atoms with E-state index in [1.54, 1.807) is 24.5 Å². The summed E-state index contributed by atoms with van der Waals surface area (Å²) in [6.07, 6.45) is 7.32. The van der Waals surface area contributed by atoms with Crippen molar-refractivity contribution < 1.29 is 8.42 Å². The van der Waals surface area contributed by atoms with Gasteiger partial charge in [-0.3, -0.25) is 9.71 Å². The molecule has 0 aliphatic heterocycles. The van der Waals surface area contributed by atoms with Gasteiger partial charge in [-0.2, -0.15) is 5.10 Å². The fraction of sp³-hybridized carbons (Fsp3) is 0. The van der Waals surface area contributed by atoms with Gasteiger partial charge in [-0.15, -0.1) is 0 Å². The van der Waals surface area contributed by atoms with Gasteiger partial charge >= 0.3 is 0 Å². The van der Waals surface area contributed by atoms with Crippen LogP contribution in [-0.4, -0.2) is 33.2 Å². The Morgan fingerprint density at radius 1 is 1.14 bits per heavy atom. The zero-order valence-electron chi connectivity index (χ0n) is 10.7. The van der Waals surface area contributed by atoms with Crippen LogP contribution >= 0.6 is 0 Å². The Balaban J connectivity index is 1.91. The van der Waals surface area contributed by atoms with Crippen LogP contribution in [0.4, 0.5) is 5.82 Å². The maximum atomic E-state index is 12.2. The lowest BCUT2D eigenvalue weighted by Gasteiger charge is -2.07. The standard InChI is InChI=1S/C12H10N6O2S/c19-21(20,10-3-1-4-13-8-10)17-11-7-12(15-9-14-11)18-6-2-5-16-18/h1-9H,(H,14,15,17). The van der Waals surface area contributed by atoms with E-state index in [-0.39, 0.29) is 10.7 Å². The molecule has 0 bridgehead atoms. The van der Waals surface area contributed by atoms with Crippen LogP contribution in [-0.2, 0) is 10.0 Å². The third-order valence-electron chi connectivity index (χ3n) is 2.58. The van der Waals surface area contributed by atoms with Gasteiger partial charge in [0.05, 0.1) is 0 Å². The molecule has 0 fully saturated rings. The van der Waals surface area contributed by atoms with Gasteiger partial charge in [0.25, 0.3) is 10.0 Å². The molecule has 0 spiro atoms. The van der Waals surface area contributed by atoms with E-state index in [0.29, 0.717) is 5.82 Å². The number of sulfonamides is 1. The van der Waals surface area contributed by atoms with Crippen LogP contribution in [0, 0.1) is 0 Å². The highest BCUT2D eigenvalue weighted by Gasteiger charge is 2.15. The molecule has 0 unspecified atom stereocenters. The van der Waals surface area contributed by atoms with Crippen LogP contribution in [0.1, 0.15) is 0 Å². The summed E-state index contributed by atoms with van der Waals surface area (Å²) in [6.45, 7) is 0. The van der Waals surface area contributed by atoms with E-state index in [2.05, 4.69) is 24.8 Å². The minimum absolute atomic E-state index is 0.0595. The average Bonchev–Trinajstić information content (AvgIpc) is 3.02. The summed E-state index contributed by atoms with van der Waals surface area (Å²) < 4.78 is 28.2. The first kappa shape index (κ1) is 13.2. The quantitative estimate of drug-likeness (QED) is 0.766. The van der Waals surface area contributed by atoms with Crippen LogP contribution in [0.25, 0.3) is 5.82 Å². The van der Waals surface area contributed by atoms with Crippen molar-refractivity contribution in [1.82, 2.24) is 24.7 Å². The molecule has 3 rings (SSSR count). The number of pyridine rings is 1. The highest BCUT2D eigenvalue weighted by atomic mass is 32.2. The molecule has 0 radical (unpaired) electrons. The Bertz CT molecular complexity index is 833. The maximum absolute atomic E-state index is 12.2. The molecule has 0 aromatic carbocycles. The van der Waals surface area contributed by atoms with E-state index in [1.807, 2.05) is 0 Å². The number of aromatic nitrogens is 5. The Labute approximate surface area is 120 Å². The zero-order valence-corrected chi connectivity index (χ0v) is 11.5. The molecule has 0 aliphatic rings. The van der Waals surface area contributed by atoms with Crippen molar-refractivity contribution in [3.8, 4) is 5.82 Å². The molecule has 3 aromatic heterocycles. The van der Waals surface area contributed by atoms with Gasteiger partial charge in [-0.1, -0.05) is 0 Å². The zero-order chi connectivity index (χ0) is 14.7.